The van der Waals surface area contributed by atoms with Crippen LogP contribution in [0.25, 0.3) is 6.08 Å². The Morgan fingerprint density at radius 3 is 2.74 bits per heavy atom. The molecule has 1 unspecified atom stereocenters. The lowest BCUT2D eigenvalue weighted by molar-refractivity contribution is -0.157. The summed E-state index contributed by atoms with van der Waals surface area (Å²) < 4.78 is 20.2. The number of rotatable bonds is 2. The van der Waals surface area contributed by atoms with Gasteiger partial charge < -0.3 is 18.9 Å². The van der Waals surface area contributed by atoms with Crippen LogP contribution in [0.1, 0.15) is 5.56 Å². The van der Waals surface area contributed by atoms with Crippen LogP contribution in [0, 0.1) is 0 Å². The van der Waals surface area contributed by atoms with Gasteiger partial charge in [-0.1, -0.05) is 6.07 Å². The molecule has 0 amide bonds. The number of benzene rings is 1. The highest BCUT2D eigenvalue weighted by molar-refractivity contribution is 6.24. The number of carbonyl (C=O) groups is 2. The third kappa shape index (κ3) is 2.06. The largest absolute Gasteiger partial charge is 0.454 e. The molecule has 0 aromatic heterocycles. The maximum Gasteiger partial charge on any atom is 0.360 e. The summed E-state index contributed by atoms with van der Waals surface area (Å²) in [6, 6.07) is 5.07. The molecule has 1 aromatic carbocycles. The van der Waals surface area contributed by atoms with Gasteiger partial charge in [-0.05, 0) is 23.8 Å². The summed E-state index contributed by atoms with van der Waals surface area (Å²) in [5.74, 6) is 0.129. The minimum atomic E-state index is -0.768. The molecule has 6 heteroatoms. The van der Waals surface area contributed by atoms with Gasteiger partial charge in [0.25, 0.3) is 0 Å². The molecule has 0 bridgehead atoms. The van der Waals surface area contributed by atoms with Gasteiger partial charge in [-0.3, -0.25) is 4.79 Å². The molecular formula is C13H10O6. The fraction of sp³-hybridized carbons (Fsp3) is 0.231. The molecule has 3 rings (SSSR count). The van der Waals surface area contributed by atoms with E-state index in [4.69, 9.17) is 14.2 Å². The molecule has 1 fully saturated rings. The smallest absolute Gasteiger partial charge is 0.360 e. The van der Waals surface area contributed by atoms with Gasteiger partial charge in [-0.25, -0.2) is 4.79 Å². The van der Waals surface area contributed by atoms with Gasteiger partial charge in [0, 0.05) is 7.11 Å². The summed E-state index contributed by atoms with van der Waals surface area (Å²) in [7, 11) is 1.46. The van der Waals surface area contributed by atoms with Crippen molar-refractivity contribution in [1.82, 2.24) is 0 Å². The average molecular weight is 262 g/mol. The van der Waals surface area contributed by atoms with Crippen molar-refractivity contribution in [2.24, 2.45) is 0 Å². The number of fused-ring (bicyclic) bond motifs is 1. The lowest BCUT2D eigenvalue weighted by Crippen LogP contribution is -2.19. The number of ether oxygens (including phenoxy) is 4. The molecule has 1 aromatic rings. The van der Waals surface area contributed by atoms with Gasteiger partial charge in [0.15, 0.2) is 18.1 Å². The molecule has 19 heavy (non-hydrogen) atoms. The lowest BCUT2D eigenvalue weighted by atomic mass is 10.1. The van der Waals surface area contributed by atoms with E-state index in [9.17, 15) is 9.59 Å². The Morgan fingerprint density at radius 1 is 1.26 bits per heavy atom. The first-order valence-electron chi connectivity index (χ1n) is 5.59. The van der Waals surface area contributed by atoms with Crippen molar-refractivity contribution in [3.05, 3.63) is 29.3 Å². The van der Waals surface area contributed by atoms with Gasteiger partial charge >= 0.3 is 12.4 Å². The second-order valence-electron chi connectivity index (χ2n) is 4.02. The fourth-order valence-corrected chi connectivity index (χ4v) is 1.84. The van der Waals surface area contributed by atoms with E-state index >= 15 is 0 Å². The summed E-state index contributed by atoms with van der Waals surface area (Å²) in [5.41, 5.74) is 0.698. The zero-order chi connectivity index (χ0) is 13.4. The monoisotopic (exact) mass is 262 g/mol. The maximum atomic E-state index is 11.4. The number of methoxy groups -OCH3 is 1. The number of cyclic esters (lactones) is 1. The zero-order valence-corrected chi connectivity index (χ0v) is 10.0. The number of hydrogen-bond acceptors (Lipinski definition) is 6. The summed E-state index contributed by atoms with van der Waals surface area (Å²) in [4.78, 5) is 22.8. The summed E-state index contributed by atoms with van der Waals surface area (Å²) in [6.45, 7) is -0.961. The molecule has 2 heterocycles. The normalized spacial score (nSPS) is 23.0. The van der Waals surface area contributed by atoms with Crippen LogP contribution in [0.2, 0.25) is 0 Å². The topological polar surface area (TPSA) is 71.1 Å². The van der Waals surface area contributed by atoms with E-state index in [-0.39, 0.29) is 18.0 Å². The van der Waals surface area contributed by atoms with Crippen molar-refractivity contribution < 1.29 is 28.5 Å². The molecule has 0 aliphatic carbocycles. The summed E-state index contributed by atoms with van der Waals surface area (Å²) in [6.07, 6.45) is 1.47. The third-order valence-electron chi connectivity index (χ3n) is 2.77. The third-order valence-corrected chi connectivity index (χ3v) is 2.77. The Morgan fingerprint density at radius 2 is 2.05 bits per heavy atom. The Bertz CT molecular complexity index is 571. The van der Waals surface area contributed by atoms with Gasteiger partial charge in [-0.15, -0.1) is 0 Å². The molecule has 2 aliphatic rings. The Hall–Kier alpha value is -2.34. The van der Waals surface area contributed by atoms with E-state index in [1.807, 2.05) is 0 Å². The predicted molar refractivity (Wildman–Crippen MR) is 62.4 cm³/mol. The number of Topliss-reactive ketones (excluding diaryl/α,β-unsaturated/α-hetero) is 1. The average Bonchev–Trinajstić information content (AvgIpc) is 2.96. The van der Waals surface area contributed by atoms with Crippen molar-refractivity contribution in [3.63, 3.8) is 0 Å². The van der Waals surface area contributed by atoms with E-state index in [0.29, 0.717) is 17.1 Å². The van der Waals surface area contributed by atoms with E-state index in [1.165, 1.54) is 13.2 Å². The van der Waals surface area contributed by atoms with Crippen LogP contribution >= 0.6 is 0 Å². The summed E-state index contributed by atoms with van der Waals surface area (Å²) in [5, 5.41) is 0. The molecule has 1 saturated heterocycles. The van der Waals surface area contributed by atoms with Crippen molar-refractivity contribution in [3.8, 4) is 11.5 Å². The molecule has 0 saturated carbocycles. The van der Waals surface area contributed by atoms with Crippen LogP contribution in [-0.4, -0.2) is 31.9 Å². The minimum absolute atomic E-state index is 0.0437. The second-order valence-corrected chi connectivity index (χ2v) is 4.02. The number of carbonyl (C=O) groups excluding carboxylic acids is 2. The van der Waals surface area contributed by atoms with Crippen molar-refractivity contribution in [2.45, 2.75) is 6.48 Å². The molecule has 0 N–H and O–H groups in total. The minimum Gasteiger partial charge on any atom is -0.454 e. The molecule has 0 radical (unpaired) electrons. The van der Waals surface area contributed by atoms with Crippen LogP contribution in [0.4, 0.5) is 0 Å². The summed E-state index contributed by atoms with van der Waals surface area (Å²) >= 11 is 0. The Kier molecular flexibility index (Phi) is 2.72. The van der Waals surface area contributed by atoms with Gasteiger partial charge in [0.05, 0.1) is 0 Å². The van der Waals surface area contributed by atoms with E-state index < -0.39 is 12.4 Å². The molecule has 1 atom stereocenters. The first-order valence-corrected chi connectivity index (χ1v) is 5.59. The van der Waals surface area contributed by atoms with Crippen LogP contribution in [0.5, 0.6) is 11.5 Å². The van der Waals surface area contributed by atoms with E-state index in [2.05, 4.69) is 4.74 Å². The standard InChI is InChI=1S/C13H10O6/c1-16-13-18-10-3-2-7(5-11(10)19-13)4-8-9(14)6-17-12(8)15/h2-5,13H,6H2,1H3. The first kappa shape index (κ1) is 11.7. The molecule has 6 nitrogen and oxygen atoms in total. The van der Waals surface area contributed by atoms with Gasteiger partial charge in [-0.2, -0.15) is 0 Å². The number of ketones is 1. The lowest BCUT2D eigenvalue weighted by Gasteiger charge is -2.05. The van der Waals surface area contributed by atoms with Crippen LogP contribution in [0.3, 0.4) is 0 Å². The zero-order valence-electron chi connectivity index (χ0n) is 10.0. The highest BCUT2D eigenvalue weighted by atomic mass is 16.9. The fourth-order valence-electron chi connectivity index (χ4n) is 1.84. The Balaban J connectivity index is 1.90. The molecule has 98 valence electrons. The van der Waals surface area contributed by atoms with Crippen LogP contribution in [-0.2, 0) is 19.1 Å². The van der Waals surface area contributed by atoms with Crippen LogP contribution in [0.15, 0.2) is 23.8 Å². The van der Waals surface area contributed by atoms with E-state index in [0.717, 1.165) is 0 Å². The van der Waals surface area contributed by atoms with Crippen LogP contribution < -0.4 is 9.47 Å². The second kappa shape index (κ2) is 4.40. The van der Waals surface area contributed by atoms with Gasteiger partial charge in [0.2, 0.25) is 5.78 Å². The van der Waals surface area contributed by atoms with Crippen molar-refractivity contribution in [1.29, 1.82) is 0 Å². The molecule has 2 aliphatic heterocycles. The van der Waals surface area contributed by atoms with Crippen molar-refractivity contribution >= 4 is 17.8 Å². The highest BCUT2D eigenvalue weighted by Crippen LogP contribution is 2.36. The first-order chi connectivity index (χ1) is 9.17. The van der Waals surface area contributed by atoms with Crippen molar-refractivity contribution in [2.75, 3.05) is 13.7 Å². The highest BCUT2D eigenvalue weighted by Gasteiger charge is 2.28. The van der Waals surface area contributed by atoms with Gasteiger partial charge in [0.1, 0.15) is 5.57 Å². The number of hydrogen-bond donors (Lipinski definition) is 0. The SMILES string of the molecule is COC1Oc2ccc(C=C3C(=O)COC3=O)cc2O1. The predicted octanol–water partition coefficient (Wildman–Crippen LogP) is 0.897. The number of esters is 1. The molecular weight excluding hydrogens is 252 g/mol. The van der Waals surface area contributed by atoms with E-state index in [1.54, 1.807) is 18.2 Å². The Labute approximate surface area is 108 Å². The molecule has 0 spiro atoms. The maximum absolute atomic E-state index is 11.4. The quantitative estimate of drug-likeness (QED) is 0.448.